The molecule has 25 heavy (non-hydrogen) atoms. The second-order valence-corrected chi connectivity index (χ2v) is 6.51. The molecule has 0 radical (unpaired) electrons. The summed E-state index contributed by atoms with van der Waals surface area (Å²) in [6.45, 7) is 6.88. The van der Waals surface area contributed by atoms with E-state index in [9.17, 15) is 4.79 Å². The van der Waals surface area contributed by atoms with Crippen molar-refractivity contribution in [3.63, 3.8) is 0 Å². The first-order valence-corrected chi connectivity index (χ1v) is 8.90. The average Bonchev–Trinajstić information content (AvgIpc) is 2.86. The minimum absolute atomic E-state index is 0.0172. The van der Waals surface area contributed by atoms with Crippen LogP contribution in [0.15, 0.2) is 30.3 Å². The number of halogens is 1. The van der Waals surface area contributed by atoms with Crippen LogP contribution in [-0.2, 0) is 11.2 Å². The third-order valence-electron chi connectivity index (χ3n) is 4.25. The lowest BCUT2D eigenvalue weighted by Gasteiger charge is -2.16. The molecule has 0 aromatic heterocycles. The van der Waals surface area contributed by atoms with Crippen LogP contribution < -0.4 is 14.8 Å². The lowest BCUT2D eigenvalue weighted by molar-refractivity contribution is -0.117. The van der Waals surface area contributed by atoms with Gasteiger partial charge in [-0.2, -0.15) is 0 Å². The zero-order valence-electron chi connectivity index (χ0n) is 14.7. The molecule has 2 aromatic carbocycles. The number of benzene rings is 2. The molecule has 1 amide bonds. The summed E-state index contributed by atoms with van der Waals surface area (Å²) < 4.78 is 11.3. The second kappa shape index (κ2) is 7.36. The van der Waals surface area contributed by atoms with Crippen molar-refractivity contribution in [3.05, 3.63) is 52.0 Å². The summed E-state index contributed by atoms with van der Waals surface area (Å²) in [5.41, 5.74) is 4.02. The Bertz CT molecular complexity index is 804. The van der Waals surface area contributed by atoms with Gasteiger partial charge in [0.25, 0.3) is 0 Å². The Morgan fingerprint density at radius 2 is 1.88 bits per heavy atom. The van der Waals surface area contributed by atoms with Crippen LogP contribution in [0.3, 0.4) is 0 Å². The SMILES string of the molecule is CCOc1cc(CC2C(=O)Nc3ccc(C)cc32)cc(Cl)c1OCC. The number of carbonyl (C=O) groups is 1. The smallest absolute Gasteiger partial charge is 0.232 e. The molecule has 1 heterocycles. The Morgan fingerprint density at radius 3 is 2.60 bits per heavy atom. The third-order valence-corrected chi connectivity index (χ3v) is 4.54. The highest BCUT2D eigenvalue weighted by molar-refractivity contribution is 6.32. The number of amides is 1. The monoisotopic (exact) mass is 359 g/mol. The molecule has 0 aliphatic carbocycles. The molecule has 1 atom stereocenters. The maximum atomic E-state index is 12.4. The molecule has 4 nitrogen and oxygen atoms in total. The molecular weight excluding hydrogens is 338 g/mol. The van der Waals surface area contributed by atoms with Gasteiger partial charge >= 0.3 is 0 Å². The van der Waals surface area contributed by atoms with Crippen LogP contribution in [0.25, 0.3) is 0 Å². The van der Waals surface area contributed by atoms with E-state index in [2.05, 4.69) is 11.4 Å². The van der Waals surface area contributed by atoms with E-state index in [1.807, 2.05) is 45.0 Å². The molecule has 0 saturated carbocycles. The van der Waals surface area contributed by atoms with Crippen molar-refractivity contribution >= 4 is 23.2 Å². The predicted molar refractivity (Wildman–Crippen MR) is 100 cm³/mol. The number of aryl methyl sites for hydroxylation is 1. The Hall–Kier alpha value is -2.20. The molecule has 1 aliphatic heterocycles. The zero-order chi connectivity index (χ0) is 18.0. The molecular formula is C20H22ClNO3. The summed E-state index contributed by atoms with van der Waals surface area (Å²) in [6, 6.07) is 9.80. The van der Waals surface area contributed by atoms with Crippen LogP contribution in [0.4, 0.5) is 5.69 Å². The van der Waals surface area contributed by atoms with Gasteiger partial charge in [0, 0.05) is 5.69 Å². The van der Waals surface area contributed by atoms with E-state index < -0.39 is 0 Å². The van der Waals surface area contributed by atoms with E-state index in [0.29, 0.717) is 36.2 Å². The molecule has 1 N–H and O–H groups in total. The standard InChI is InChI=1S/C20H22ClNO3/c1-4-24-18-11-13(10-16(21)19(18)25-5-2)9-15-14-8-12(3)6-7-17(14)22-20(15)23/h6-8,10-11,15H,4-5,9H2,1-3H3,(H,22,23). The Labute approximate surface area is 153 Å². The van der Waals surface area contributed by atoms with Gasteiger partial charge in [-0.3, -0.25) is 4.79 Å². The molecule has 0 bridgehead atoms. The number of nitrogens with one attached hydrogen (secondary N) is 1. The van der Waals surface area contributed by atoms with Crippen LogP contribution in [-0.4, -0.2) is 19.1 Å². The first kappa shape index (κ1) is 17.6. The summed E-state index contributed by atoms with van der Waals surface area (Å²) in [6.07, 6.45) is 0.564. The van der Waals surface area contributed by atoms with Gasteiger partial charge in [-0.05, 0) is 56.5 Å². The fraction of sp³-hybridized carbons (Fsp3) is 0.350. The molecule has 0 spiro atoms. The van der Waals surface area contributed by atoms with Crippen molar-refractivity contribution in [2.45, 2.75) is 33.1 Å². The topological polar surface area (TPSA) is 47.6 Å². The highest BCUT2D eigenvalue weighted by atomic mass is 35.5. The van der Waals surface area contributed by atoms with Crippen LogP contribution in [0.5, 0.6) is 11.5 Å². The van der Waals surface area contributed by atoms with Crippen molar-refractivity contribution < 1.29 is 14.3 Å². The van der Waals surface area contributed by atoms with E-state index in [4.69, 9.17) is 21.1 Å². The fourth-order valence-corrected chi connectivity index (χ4v) is 3.46. The average molecular weight is 360 g/mol. The van der Waals surface area contributed by atoms with Gasteiger partial charge in [0.1, 0.15) is 0 Å². The summed E-state index contributed by atoms with van der Waals surface area (Å²) in [5, 5.41) is 3.46. The van der Waals surface area contributed by atoms with Gasteiger partial charge in [0.2, 0.25) is 5.91 Å². The summed E-state index contributed by atoms with van der Waals surface area (Å²) in [5.74, 6) is 0.971. The number of hydrogen-bond acceptors (Lipinski definition) is 3. The Kier molecular flexibility index (Phi) is 5.19. The van der Waals surface area contributed by atoms with Crippen LogP contribution in [0.2, 0.25) is 5.02 Å². The quantitative estimate of drug-likeness (QED) is 0.811. The maximum absolute atomic E-state index is 12.4. The van der Waals surface area contributed by atoms with E-state index in [1.165, 1.54) is 0 Å². The van der Waals surface area contributed by atoms with Gasteiger partial charge in [0.15, 0.2) is 11.5 Å². The molecule has 2 aromatic rings. The highest BCUT2D eigenvalue weighted by Crippen LogP contribution is 2.40. The van der Waals surface area contributed by atoms with Gasteiger partial charge in [-0.25, -0.2) is 0 Å². The van der Waals surface area contributed by atoms with Crippen molar-refractivity contribution in [1.29, 1.82) is 0 Å². The molecule has 3 rings (SSSR count). The molecule has 132 valence electrons. The number of hydrogen-bond donors (Lipinski definition) is 1. The van der Waals surface area contributed by atoms with Gasteiger partial charge in [0.05, 0.1) is 24.2 Å². The summed E-state index contributed by atoms with van der Waals surface area (Å²) >= 11 is 6.39. The number of fused-ring (bicyclic) bond motifs is 1. The van der Waals surface area contributed by atoms with Gasteiger partial charge in [-0.1, -0.05) is 29.3 Å². The highest BCUT2D eigenvalue weighted by Gasteiger charge is 2.31. The first-order valence-electron chi connectivity index (χ1n) is 8.52. The number of carbonyl (C=O) groups excluding carboxylic acids is 1. The lowest BCUT2D eigenvalue weighted by atomic mass is 9.92. The molecule has 0 saturated heterocycles. The Balaban J connectivity index is 1.93. The third kappa shape index (κ3) is 3.59. The molecule has 1 unspecified atom stereocenters. The van der Waals surface area contributed by atoms with Crippen LogP contribution in [0.1, 0.15) is 36.5 Å². The number of rotatable bonds is 6. The number of anilines is 1. The summed E-state index contributed by atoms with van der Waals surface area (Å²) in [7, 11) is 0. The maximum Gasteiger partial charge on any atom is 0.232 e. The van der Waals surface area contributed by atoms with E-state index >= 15 is 0 Å². The normalized spacial score (nSPS) is 15.7. The van der Waals surface area contributed by atoms with E-state index in [0.717, 1.165) is 22.4 Å². The largest absolute Gasteiger partial charge is 0.490 e. The van der Waals surface area contributed by atoms with Crippen LogP contribution in [0, 0.1) is 6.92 Å². The zero-order valence-corrected chi connectivity index (χ0v) is 15.4. The minimum atomic E-state index is -0.224. The van der Waals surface area contributed by atoms with Gasteiger partial charge in [-0.15, -0.1) is 0 Å². The summed E-state index contributed by atoms with van der Waals surface area (Å²) in [4.78, 5) is 12.4. The van der Waals surface area contributed by atoms with Gasteiger partial charge < -0.3 is 14.8 Å². The van der Waals surface area contributed by atoms with Crippen molar-refractivity contribution in [2.24, 2.45) is 0 Å². The lowest BCUT2D eigenvalue weighted by Crippen LogP contribution is -2.14. The predicted octanol–water partition coefficient (Wildman–Crippen LogP) is 4.72. The molecule has 1 aliphatic rings. The second-order valence-electron chi connectivity index (χ2n) is 6.11. The molecule has 0 fully saturated rings. The van der Waals surface area contributed by atoms with E-state index in [-0.39, 0.29) is 11.8 Å². The van der Waals surface area contributed by atoms with Crippen molar-refractivity contribution in [3.8, 4) is 11.5 Å². The molecule has 5 heteroatoms. The van der Waals surface area contributed by atoms with Crippen LogP contribution >= 0.6 is 11.6 Å². The number of ether oxygens (including phenoxy) is 2. The first-order chi connectivity index (χ1) is 12.0. The fourth-order valence-electron chi connectivity index (χ4n) is 3.17. The van der Waals surface area contributed by atoms with Crippen molar-refractivity contribution in [1.82, 2.24) is 0 Å². The van der Waals surface area contributed by atoms with E-state index in [1.54, 1.807) is 0 Å². The Morgan fingerprint density at radius 1 is 1.12 bits per heavy atom. The van der Waals surface area contributed by atoms with Crippen molar-refractivity contribution in [2.75, 3.05) is 18.5 Å². The minimum Gasteiger partial charge on any atom is -0.490 e.